The molecular weight excluding hydrogens is 428 g/mol. The summed E-state index contributed by atoms with van der Waals surface area (Å²) in [5, 5.41) is 6.21. The first-order chi connectivity index (χ1) is 17.3. The Labute approximate surface area is 208 Å². The molecule has 1 unspecified atom stereocenters. The van der Waals surface area contributed by atoms with Crippen molar-refractivity contribution in [1.29, 1.82) is 0 Å². The minimum absolute atomic E-state index is 0.408. The van der Waals surface area contributed by atoms with Gasteiger partial charge in [-0.3, -0.25) is 4.68 Å². The van der Waals surface area contributed by atoms with Gasteiger partial charge < -0.3 is 4.90 Å². The van der Waals surface area contributed by atoms with Crippen LogP contribution in [0.1, 0.15) is 62.1 Å². The zero-order chi connectivity index (χ0) is 23.5. The maximum Gasteiger partial charge on any atom is 0.0945 e. The third-order valence-corrected chi connectivity index (χ3v) is 7.37. The molecule has 0 N–H and O–H groups in total. The van der Waals surface area contributed by atoms with Crippen molar-refractivity contribution in [3.05, 3.63) is 96.5 Å². The molecule has 6 rings (SSSR count). The predicted molar refractivity (Wildman–Crippen MR) is 146 cm³/mol. The fourth-order valence-corrected chi connectivity index (χ4v) is 5.49. The lowest BCUT2D eigenvalue weighted by molar-refractivity contribution is 0.406. The first-order valence-electron chi connectivity index (χ1n) is 13.2. The maximum atomic E-state index is 5.38. The van der Waals surface area contributed by atoms with Gasteiger partial charge in [-0.05, 0) is 50.7 Å². The number of nitrogens with zero attached hydrogens (tertiary/aromatic N) is 4. The molecule has 0 spiro atoms. The van der Waals surface area contributed by atoms with Gasteiger partial charge in [0.05, 0.1) is 28.6 Å². The molecule has 4 aromatic rings. The van der Waals surface area contributed by atoms with E-state index in [0.29, 0.717) is 6.04 Å². The fraction of sp³-hybridized carbons (Fsp3) is 0.323. The number of fused-ring (bicyclic) bond motifs is 1. The van der Waals surface area contributed by atoms with E-state index in [0.717, 1.165) is 41.1 Å². The van der Waals surface area contributed by atoms with Crippen LogP contribution in [-0.2, 0) is 0 Å². The number of hydrogen-bond donors (Lipinski definition) is 0. The number of hydrogen-bond acceptors (Lipinski definition) is 3. The van der Waals surface area contributed by atoms with Crippen molar-refractivity contribution in [2.45, 2.75) is 51.0 Å². The van der Waals surface area contributed by atoms with Crippen LogP contribution in [0.25, 0.3) is 10.9 Å². The third-order valence-electron chi connectivity index (χ3n) is 7.37. The lowest BCUT2D eigenvalue weighted by Gasteiger charge is -2.30. The van der Waals surface area contributed by atoms with Crippen LogP contribution in [-0.4, -0.2) is 28.6 Å². The molecule has 2 heterocycles. The number of aromatic nitrogens is 2. The molecule has 1 saturated carbocycles. The first kappa shape index (κ1) is 22.1. The topological polar surface area (TPSA) is 33.4 Å². The molecule has 2 aliphatic rings. The summed E-state index contributed by atoms with van der Waals surface area (Å²) in [5.74, 6) is 0. The van der Waals surface area contributed by atoms with Gasteiger partial charge in [0.2, 0.25) is 0 Å². The number of anilines is 1. The largest absolute Gasteiger partial charge is 0.370 e. The van der Waals surface area contributed by atoms with Crippen LogP contribution in [0.4, 0.5) is 11.4 Å². The Kier molecular flexibility index (Phi) is 6.35. The minimum Gasteiger partial charge on any atom is -0.370 e. The Morgan fingerprint density at radius 3 is 2.17 bits per heavy atom. The van der Waals surface area contributed by atoms with Crippen LogP contribution in [0.5, 0.6) is 0 Å². The van der Waals surface area contributed by atoms with Gasteiger partial charge in [-0.1, -0.05) is 73.5 Å². The molecule has 35 heavy (non-hydrogen) atoms. The zero-order valence-electron chi connectivity index (χ0n) is 20.3. The molecule has 1 aromatic heterocycles. The van der Waals surface area contributed by atoms with Crippen LogP contribution in [0.3, 0.4) is 0 Å². The van der Waals surface area contributed by atoms with E-state index in [1.54, 1.807) is 0 Å². The molecule has 1 radical (unpaired) electrons. The fourth-order valence-electron chi connectivity index (χ4n) is 5.49. The van der Waals surface area contributed by atoms with Gasteiger partial charge in [-0.15, -0.1) is 0 Å². The summed E-state index contributed by atoms with van der Waals surface area (Å²) in [6.45, 7) is 2.16. The first-order valence-corrected chi connectivity index (χ1v) is 13.2. The Morgan fingerprint density at radius 2 is 1.51 bits per heavy atom. The molecule has 0 amide bonds. The summed E-state index contributed by atoms with van der Waals surface area (Å²) in [5.41, 5.74) is 6.60. The molecular formula is C31H33N4. The van der Waals surface area contributed by atoms with E-state index >= 15 is 0 Å². The van der Waals surface area contributed by atoms with E-state index in [1.807, 2.05) is 0 Å². The SMILES string of the molecule is [CH]1CCCCC1n1cc2cc(N=C(c3ccccc3)c3ccccc3)c(N3CCCCC3)cc2n1. The monoisotopic (exact) mass is 461 g/mol. The van der Waals surface area contributed by atoms with Gasteiger partial charge in [0.1, 0.15) is 0 Å². The highest BCUT2D eigenvalue weighted by atomic mass is 15.3. The molecule has 0 bridgehead atoms. The van der Waals surface area contributed by atoms with E-state index in [-0.39, 0.29) is 0 Å². The summed E-state index contributed by atoms with van der Waals surface area (Å²) >= 11 is 0. The molecule has 3 aromatic carbocycles. The van der Waals surface area contributed by atoms with Gasteiger partial charge >= 0.3 is 0 Å². The Morgan fingerprint density at radius 1 is 0.800 bits per heavy atom. The number of aliphatic imine (C=N–C) groups is 1. The third kappa shape index (κ3) is 4.75. The van der Waals surface area contributed by atoms with Gasteiger partial charge in [-0.25, -0.2) is 4.99 Å². The van der Waals surface area contributed by atoms with Crippen molar-refractivity contribution in [1.82, 2.24) is 9.78 Å². The standard InChI is InChI=1S/C31H33N4/c1-5-13-24(14-6-1)31(25-15-7-2-8-16-25)32-29-21-26-23-35(27-17-9-3-10-18-27)33-28(26)22-30(29)34-19-11-4-12-20-34/h1-2,5-8,13-17,21-23,27H,3-4,9-12,18-20H2. The summed E-state index contributed by atoms with van der Waals surface area (Å²) in [4.78, 5) is 7.89. The highest BCUT2D eigenvalue weighted by Crippen LogP contribution is 2.37. The number of piperidine rings is 1. The second-order valence-corrected chi connectivity index (χ2v) is 9.84. The molecule has 177 valence electrons. The quantitative estimate of drug-likeness (QED) is 0.288. The molecule has 1 atom stereocenters. The number of benzene rings is 3. The molecule has 4 heteroatoms. The Balaban J connectivity index is 1.50. The summed E-state index contributed by atoms with van der Waals surface area (Å²) in [6, 6.07) is 26.1. The Hall–Kier alpha value is -3.40. The highest BCUT2D eigenvalue weighted by molar-refractivity contribution is 6.14. The van der Waals surface area contributed by atoms with Gasteiger partial charge in [0.25, 0.3) is 0 Å². The van der Waals surface area contributed by atoms with E-state index in [9.17, 15) is 0 Å². The molecule has 4 nitrogen and oxygen atoms in total. The number of rotatable bonds is 5. The second-order valence-electron chi connectivity index (χ2n) is 9.84. The minimum atomic E-state index is 0.408. The van der Waals surface area contributed by atoms with E-state index < -0.39 is 0 Å². The van der Waals surface area contributed by atoms with Crippen molar-refractivity contribution in [3.63, 3.8) is 0 Å². The smallest absolute Gasteiger partial charge is 0.0945 e. The van der Waals surface area contributed by atoms with Gasteiger partial charge in [0.15, 0.2) is 0 Å². The van der Waals surface area contributed by atoms with Crippen molar-refractivity contribution < 1.29 is 0 Å². The van der Waals surface area contributed by atoms with Crippen LogP contribution in [0, 0.1) is 6.42 Å². The van der Waals surface area contributed by atoms with E-state index in [2.05, 4.69) is 95.0 Å². The molecule has 2 fully saturated rings. The summed E-state index contributed by atoms with van der Waals surface area (Å²) < 4.78 is 2.19. The van der Waals surface area contributed by atoms with Crippen molar-refractivity contribution in [2.75, 3.05) is 18.0 Å². The van der Waals surface area contributed by atoms with E-state index in [4.69, 9.17) is 10.1 Å². The van der Waals surface area contributed by atoms with Crippen molar-refractivity contribution in [3.8, 4) is 0 Å². The lowest BCUT2D eigenvalue weighted by atomic mass is 9.96. The maximum absolute atomic E-state index is 5.38. The second kappa shape index (κ2) is 10.1. The highest BCUT2D eigenvalue weighted by Gasteiger charge is 2.21. The van der Waals surface area contributed by atoms with Crippen LogP contribution in [0.15, 0.2) is 84.0 Å². The van der Waals surface area contributed by atoms with E-state index in [1.165, 1.54) is 56.0 Å². The Bertz CT molecular complexity index is 1250. The summed E-state index contributed by atoms with van der Waals surface area (Å²) in [7, 11) is 0. The molecule has 1 saturated heterocycles. The van der Waals surface area contributed by atoms with Gasteiger partial charge in [0, 0.05) is 35.8 Å². The lowest BCUT2D eigenvalue weighted by Crippen LogP contribution is -2.29. The van der Waals surface area contributed by atoms with Crippen molar-refractivity contribution in [2.24, 2.45) is 4.99 Å². The molecule has 1 aliphatic heterocycles. The summed E-state index contributed by atoms with van der Waals surface area (Å²) in [6.07, 6.45) is 13.4. The van der Waals surface area contributed by atoms with Crippen LogP contribution >= 0.6 is 0 Å². The predicted octanol–water partition coefficient (Wildman–Crippen LogP) is 7.52. The van der Waals surface area contributed by atoms with Crippen molar-refractivity contribution >= 4 is 28.0 Å². The van der Waals surface area contributed by atoms with Crippen LogP contribution in [0.2, 0.25) is 0 Å². The average Bonchev–Trinajstić information content (AvgIpc) is 3.36. The van der Waals surface area contributed by atoms with Crippen LogP contribution < -0.4 is 4.90 Å². The van der Waals surface area contributed by atoms with Gasteiger partial charge in [-0.2, -0.15) is 5.10 Å². The molecule has 1 aliphatic carbocycles. The average molecular weight is 462 g/mol. The normalized spacial score (nSPS) is 17.0. The zero-order valence-corrected chi connectivity index (χ0v) is 20.3.